The molecule has 2 rings (SSSR count). The van der Waals surface area contributed by atoms with Gasteiger partial charge >= 0.3 is 123 Å². The van der Waals surface area contributed by atoms with E-state index in [9.17, 15) is 0 Å². The van der Waals surface area contributed by atoms with Gasteiger partial charge in [0.25, 0.3) is 0 Å². The second-order valence-corrected chi connectivity index (χ2v) is 36.6. The number of halogens is 3. The van der Waals surface area contributed by atoms with Gasteiger partial charge in [0.2, 0.25) is 0 Å². The Hall–Kier alpha value is 1.50. The molecule has 0 bridgehead atoms. The topological polar surface area (TPSA) is 12.0 Å². The smallest absolute Gasteiger partial charge is 0.147 e. The number of alkyl halides is 1. The standard InChI is InChI=1S/C7H4ClS.C4H10N.2CH3.2ClH.H2Si.Zr/c8-7-6-3-1-2-5(6)4-9-7;1-4(2,3)5;;;;;;/h1,3-4,7H;5H,1-3H3;2*1H3;2*1H;1H2;/q;-1;;;;;;+1. The van der Waals surface area contributed by atoms with Crippen LogP contribution in [0.15, 0.2) is 32.0 Å². The van der Waals surface area contributed by atoms with Gasteiger partial charge in [-0.05, 0) is 0 Å². The van der Waals surface area contributed by atoms with Crippen LogP contribution in [0.2, 0.25) is 9.26 Å². The minimum atomic E-state index is -3.02. The summed E-state index contributed by atoms with van der Waals surface area (Å²) in [5.41, 5.74) is 2.87. The fraction of sp³-hybridized carbons (Fsp3) is 0.538. The van der Waals surface area contributed by atoms with E-state index in [-0.39, 0.29) is 35.1 Å². The summed E-state index contributed by atoms with van der Waals surface area (Å²) in [7, 11) is 0. The molecule has 0 aromatic heterocycles. The third-order valence-corrected chi connectivity index (χ3v) is 17.1. The Morgan fingerprint density at radius 3 is 2.30 bits per heavy atom. The van der Waals surface area contributed by atoms with Gasteiger partial charge < -0.3 is 0 Å². The summed E-state index contributed by atoms with van der Waals surface area (Å²) < 4.78 is 10.6. The van der Waals surface area contributed by atoms with Gasteiger partial charge in [0.15, 0.2) is 0 Å². The van der Waals surface area contributed by atoms with Crippen LogP contribution >= 0.6 is 48.2 Å². The summed E-state index contributed by atoms with van der Waals surface area (Å²) in [5.74, 6) is 0. The maximum absolute atomic E-state index is 6.32. The van der Waals surface area contributed by atoms with Crippen LogP contribution in [0.5, 0.6) is 0 Å². The minimum absolute atomic E-state index is 0. The Labute approximate surface area is 147 Å². The van der Waals surface area contributed by atoms with Crippen molar-refractivity contribution in [2.24, 2.45) is 0 Å². The molecule has 1 N–H and O–H groups in total. The Morgan fingerprint density at radius 2 is 1.80 bits per heavy atom. The normalized spacial score (nSPS) is 22.1. The average Bonchev–Trinajstić information content (AvgIpc) is 2.63. The largest absolute Gasteiger partial charge is 0.147 e. The van der Waals surface area contributed by atoms with Crippen molar-refractivity contribution < 1.29 is 17.7 Å². The predicted molar refractivity (Wildman–Crippen MR) is 99.1 cm³/mol. The number of hydrogen-bond acceptors (Lipinski definition) is 2. The van der Waals surface area contributed by atoms with Crippen molar-refractivity contribution in [3.8, 4) is 0 Å². The molecule has 0 saturated carbocycles. The van der Waals surface area contributed by atoms with Crippen molar-refractivity contribution in [1.82, 2.24) is 3.26 Å². The quantitative estimate of drug-likeness (QED) is 0.490. The Morgan fingerprint density at radius 1 is 1.25 bits per heavy atom. The zero-order chi connectivity index (χ0) is 13.8. The molecule has 7 heteroatoms. The summed E-state index contributed by atoms with van der Waals surface area (Å²) in [5, 5.41) is 2.25. The molecule has 0 fully saturated rings. The molecule has 116 valence electrons. The molecule has 1 atom stereocenters. The maximum atomic E-state index is 6.32. The molecule has 1 heterocycles. The Kier molecular flexibility index (Phi) is 7.04. The molecular formula is C13H24Cl3NSSiZr. The van der Waals surface area contributed by atoms with E-state index in [0.717, 1.165) is 0 Å². The molecule has 0 aromatic carbocycles. The van der Waals surface area contributed by atoms with Gasteiger partial charge in [-0.2, -0.15) is 0 Å². The fourth-order valence-electron chi connectivity index (χ4n) is 3.01. The van der Waals surface area contributed by atoms with E-state index >= 15 is 0 Å². The Balaban J connectivity index is 0.00000180. The van der Waals surface area contributed by atoms with Crippen LogP contribution in [-0.4, -0.2) is 17.1 Å². The maximum Gasteiger partial charge on any atom is -0.147 e. The van der Waals surface area contributed by atoms with Gasteiger partial charge in [0, 0.05) is 0 Å². The number of nitrogens with one attached hydrogen (secondary N) is 1. The Bertz CT molecular complexity index is 554. The van der Waals surface area contributed by atoms with Gasteiger partial charge in [-0.25, -0.2) is 0 Å². The van der Waals surface area contributed by atoms with Crippen LogP contribution in [0, 0.1) is 0 Å². The molecule has 2 aliphatic rings. The molecule has 1 unspecified atom stereocenters. The number of fused-ring (bicyclic) bond motifs is 1. The number of thioether (sulfide) groups is 1. The second-order valence-electron chi connectivity index (χ2n) is 7.25. The van der Waals surface area contributed by atoms with Crippen LogP contribution in [-0.2, 0) is 17.7 Å². The summed E-state index contributed by atoms with van der Waals surface area (Å²) in [6.45, 7) is 8.99. The number of allylic oxidation sites excluding steroid dienone is 4. The monoisotopic (exact) mass is 449 g/mol. The third-order valence-electron chi connectivity index (χ3n) is 3.22. The van der Waals surface area contributed by atoms with E-state index in [4.69, 9.17) is 11.6 Å². The van der Waals surface area contributed by atoms with Gasteiger partial charge in [-0.15, -0.1) is 24.8 Å². The molecule has 0 amide bonds. The number of hydrogen-bond donors (Lipinski definition) is 1. The summed E-state index contributed by atoms with van der Waals surface area (Å²) in [6, 6.07) is 0. The minimum Gasteiger partial charge on any atom is -0.147 e. The fourth-order valence-corrected chi connectivity index (χ4v) is 19.9. The van der Waals surface area contributed by atoms with Crippen LogP contribution in [0.25, 0.3) is 0 Å². The predicted octanol–water partition coefficient (Wildman–Crippen LogP) is 4.49. The van der Waals surface area contributed by atoms with E-state index in [1.54, 1.807) is 15.0 Å². The van der Waals surface area contributed by atoms with E-state index in [1.165, 1.54) is 11.1 Å². The van der Waals surface area contributed by atoms with Gasteiger partial charge in [0.05, 0.1) is 0 Å². The van der Waals surface area contributed by atoms with Crippen LogP contribution in [0.3, 0.4) is 0 Å². The van der Waals surface area contributed by atoms with E-state index < -0.39 is 17.7 Å². The van der Waals surface area contributed by atoms with Crippen molar-refractivity contribution in [3.05, 3.63) is 32.0 Å². The molecule has 1 nitrogen and oxygen atoms in total. The van der Waals surface area contributed by atoms with E-state index in [2.05, 4.69) is 57.7 Å². The van der Waals surface area contributed by atoms with Gasteiger partial charge in [-0.1, -0.05) is 0 Å². The van der Waals surface area contributed by atoms with E-state index in [0.29, 0.717) is 0 Å². The molecule has 0 saturated heterocycles. The van der Waals surface area contributed by atoms with E-state index in [1.807, 2.05) is 0 Å². The first-order chi connectivity index (χ1) is 7.98. The summed E-state index contributed by atoms with van der Waals surface area (Å²) in [6.07, 6.45) is 4.53. The summed E-state index contributed by atoms with van der Waals surface area (Å²) in [4.78, 5) is 0. The first kappa shape index (κ1) is 21.5. The molecule has 20 heavy (non-hydrogen) atoms. The van der Waals surface area contributed by atoms with Crippen LogP contribution in [0.1, 0.15) is 20.8 Å². The molecule has 1 aliphatic carbocycles. The number of rotatable bonds is 2. The summed E-state index contributed by atoms with van der Waals surface area (Å²) >= 11 is 5.03. The molecule has 0 radical (unpaired) electrons. The van der Waals surface area contributed by atoms with Crippen LogP contribution < -0.4 is 3.26 Å². The molecule has 1 aliphatic heterocycles. The third kappa shape index (κ3) is 4.50. The molecular weight excluding hydrogens is 428 g/mol. The van der Waals surface area contributed by atoms with Crippen molar-refractivity contribution in [3.63, 3.8) is 0 Å². The zero-order valence-electron chi connectivity index (χ0n) is 12.6. The van der Waals surface area contributed by atoms with Crippen molar-refractivity contribution >= 4 is 55.1 Å². The zero-order valence-corrected chi connectivity index (χ0v) is 19.7. The van der Waals surface area contributed by atoms with Crippen molar-refractivity contribution in [2.45, 2.75) is 40.3 Å². The first-order valence-electron chi connectivity index (χ1n) is 6.28. The van der Waals surface area contributed by atoms with Crippen molar-refractivity contribution in [1.29, 1.82) is 0 Å². The average molecular weight is 452 g/mol. The van der Waals surface area contributed by atoms with Gasteiger partial charge in [-0.3, -0.25) is 0 Å². The van der Waals surface area contributed by atoms with Crippen molar-refractivity contribution in [2.75, 3.05) is 0 Å². The SMILES string of the molecule is CC(C)(C)[NH][Zr]([CH3])([CH3])(=[SiH2])[C]1=CC=C2C1=CSC2Cl.Cl.Cl. The molecule has 0 spiro atoms. The second kappa shape index (κ2) is 6.55. The van der Waals surface area contributed by atoms with Crippen LogP contribution in [0.4, 0.5) is 0 Å². The molecule has 0 aromatic rings. The first-order valence-corrected chi connectivity index (χ1v) is 21.0. The van der Waals surface area contributed by atoms with Gasteiger partial charge in [0.1, 0.15) is 0 Å².